The predicted molar refractivity (Wildman–Crippen MR) is 71.0 cm³/mol. The van der Waals surface area contributed by atoms with Crippen LogP contribution in [0, 0.1) is 11.6 Å². The fraction of sp³-hybridized carbons (Fsp3) is 0.462. The van der Waals surface area contributed by atoms with Gasteiger partial charge in [0.2, 0.25) is 5.91 Å². The molecular formula is C13H19F2N3O. The second kappa shape index (κ2) is 7.81. The van der Waals surface area contributed by atoms with Gasteiger partial charge in [0.05, 0.1) is 6.54 Å². The van der Waals surface area contributed by atoms with E-state index < -0.39 is 11.6 Å². The van der Waals surface area contributed by atoms with E-state index in [0.717, 1.165) is 31.6 Å². The molecule has 106 valence electrons. The molecule has 0 fully saturated rings. The summed E-state index contributed by atoms with van der Waals surface area (Å²) in [7, 11) is 3.70. The first-order valence-corrected chi connectivity index (χ1v) is 6.11. The summed E-state index contributed by atoms with van der Waals surface area (Å²) in [5.74, 6) is -2.15. The van der Waals surface area contributed by atoms with Crippen LogP contribution in [0.4, 0.5) is 14.5 Å². The molecule has 1 aromatic rings. The topological polar surface area (TPSA) is 44.4 Å². The van der Waals surface area contributed by atoms with E-state index in [9.17, 15) is 13.6 Å². The van der Waals surface area contributed by atoms with Gasteiger partial charge in [-0.15, -0.1) is 0 Å². The normalized spacial score (nSPS) is 10.8. The summed E-state index contributed by atoms with van der Waals surface area (Å²) in [4.78, 5) is 13.5. The highest BCUT2D eigenvalue weighted by atomic mass is 19.2. The standard InChI is InChI=1S/C13H19F2N3O/c1-16-6-3-7-18(2)9-13(19)17-10-4-5-11(14)12(15)8-10/h4-5,8,16H,3,6-7,9H2,1-2H3,(H,17,19). The summed E-state index contributed by atoms with van der Waals surface area (Å²) in [5, 5.41) is 5.55. The zero-order valence-electron chi connectivity index (χ0n) is 11.2. The Bertz CT molecular complexity index is 426. The molecule has 0 radical (unpaired) electrons. The molecule has 0 aliphatic rings. The number of carbonyl (C=O) groups excluding carboxylic acids is 1. The maximum absolute atomic E-state index is 13.0. The molecule has 0 bridgehead atoms. The Morgan fingerprint density at radius 1 is 1.32 bits per heavy atom. The van der Waals surface area contributed by atoms with E-state index in [4.69, 9.17) is 0 Å². The first kappa shape index (κ1) is 15.5. The van der Waals surface area contributed by atoms with Crippen molar-refractivity contribution in [3.05, 3.63) is 29.8 Å². The van der Waals surface area contributed by atoms with E-state index in [2.05, 4.69) is 10.6 Å². The van der Waals surface area contributed by atoms with Gasteiger partial charge in [0.25, 0.3) is 0 Å². The van der Waals surface area contributed by atoms with Crippen LogP contribution in [0.5, 0.6) is 0 Å². The first-order valence-electron chi connectivity index (χ1n) is 6.11. The maximum atomic E-state index is 13.0. The van der Waals surface area contributed by atoms with Crippen molar-refractivity contribution in [3.63, 3.8) is 0 Å². The number of hydrogen-bond acceptors (Lipinski definition) is 3. The van der Waals surface area contributed by atoms with E-state index in [1.807, 2.05) is 19.0 Å². The van der Waals surface area contributed by atoms with E-state index in [-0.39, 0.29) is 18.1 Å². The lowest BCUT2D eigenvalue weighted by Gasteiger charge is -2.16. The van der Waals surface area contributed by atoms with Crippen molar-refractivity contribution < 1.29 is 13.6 Å². The Hall–Kier alpha value is -1.53. The lowest BCUT2D eigenvalue weighted by atomic mass is 10.3. The maximum Gasteiger partial charge on any atom is 0.238 e. The third-order valence-electron chi connectivity index (χ3n) is 2.58. The molecule has 1 rings (SSSR count). The zero-order valence-corrected chi connectivity index (χ0v) is 11.2. The average molecular weight is 271 g/mol. The number of benzene rings is 1. The van der Waals surface area contributed by atoms with Gasteiger partial charge in [-0.1, -0.05) is 0 Å². The Labute approximate surface area is 111 Å². The Balaban J connectivity index is 2.39. The van der Waals surface area contributed by atoms with Gasteiger partial charge in [-0.3, -0.25) is 9.69 Å². The quantitative estimate of drug-likeness (QED) is 0.738. The number of anilines is 1. The van der Waals surface area contributed by atoms with Crippen molar-refractivity contribution in [2.45, 2.75) is 6.42 Å². The molecule has 0 heterocycles. The number of likely N-dealkylation sites (N-methyl/N-ethyl adjacent to an activating group) is 1. The molecule has 0 aromatic heterocycles. The molecule has 1 aromatic carbocycles. The van der Waals surface area contributed by atoms with Crippen LogP contribution < -0.4 is 10.6 Å². The fourth-order valence-electron chi connectivity index (χ4n) is 1.62. The average Bonchev–Trinajstić information content (AvgIpc) is 2.34. The third-order valence-corrected chi connectivity index (χ3v) is 2.58. The lowest BCUT2D eigenvalue weighted by molar-refractivity contribution is -0.117. The van der Waals surface area contributed by atoms with Gasteiger partial charge in [0, 0.05) is 11.8 Å². The summed E-state index contributed by atoms with van der Waals surface area (Å²) in [6.45, 7) is 1.88. The van der Waals surface area contributed by atoms with Crippen LogP contribution in [0.2, 0.25) is 0 Å². The Morgan fingerprint density at radius 2 is 2.05 bits per heavy atom. The van der Waals surface area contributed by atoms with E-state index in [1.54, 1.807) is 0 Å². The van der Waals surface area contributed by atoms with Gasteiger partial charge >= 0.3 is 0 Å². The van der Waals surface area contributed by atoms with Gasteiger partial charge in [-0.25, -0.2) is 8.78 Å². The van der Waals surface area contributed by atoms with Crippen LogP contribution in [0.25, 0.3) is 0 Å². The zero-order chi connectivity index (χ0) is 14.3. The minimum absolute atomic E-state index is 0.211. The highest BCUT2D eigenvalue weighted by Gasteiger charge is 2.08. The molecule has 6 heteroatoms. The molecule has 4 nitrogen and oxygen atoms in total. The summed E-state index contributed by atoms with van der Waals surface area (Å²) in [6.07, 6.45) is 0.936. The number of rotatable bonds is 7. The molecule has 0 unspecified atom stereocenters. The summed E-state index contributed by atoms with van der Waals surface area (Å²) in [5.41, 5.74) is 0.257. The SMILES string of the molecule is CNCCCN(C)CC(=O)Nc1ccc(F)c(F)c1. The van der Waals surface area contributed by atoms with E-state index in [0.29, 0.717) is 0 Å². The summed E-state index contributed by atoms with van der Waals surface area (Å²) in [6, 6.07) is 3.28. The molecule has 1 amide bonds. The monoisotopic (exact) mass is 271 g/mol. The van der Waals surface area contributed by atoms with Crippen LogP contribution in [0.15, 0.2) is 18.2 Å². The van der Waals surface area contributed by atoms with Crippen molar-refractivity contribution in [1.82, 2.24) is 10.2 Å². The van der Waals surface area contributed by atoms with Crippen molar-refractivity contribution in [2.24, 2.45) is 0 Å². The van der Waals surface area contributed by atoms with Gasteiger partial charge in [-0.2, -0.15) is 0 Å². The first-order chi connectivity index (χ1) is 9.02. The van der Waals surface area contributed by atoms with Crippen molar-refractivity contribution in [3.8, 4) is 0 Å². The molecule has 0 saturated carbocycles. The minimum atomic E-state index is -0.972. The van der Waals surface area contributed by atoms with Gasteiger partial charge in [-0.05, 0) is 45.7 Å². The Kier molecular flexibility index (Phi) is 6.38. The molecular weight excluding hydrogens is 252 g/mol. The molecule has 0 aliphatic carbocycles. The molecule has 0 atom stereocenters. The van der Waals surface area contributed by atoms with Crippen molar-refractivity contribution in [2.75, 3.05) is 39.0 Å². The Morgan fingerprint density at radius 3 is 2.68 bits per heavy atom. The molecule has 0 spiro atoms. The number of hydrogen-bond donors (Lipinski definition) is 2. The van der Waals surface area contributed by atoms with Crippen molar-refractivity contribution in [1.29, 1.82) is 0 Å². The highest BCUT2D eigenvalue weighted by Crippen LogP contribution is 2.12. The summed E-state index contributed by atoms with van der Waals surface area (Å²) < 4.78 is 25.7. The number of halogens is 2. The predicted octanol–water partition coefficient (Wildman–Crippen LogP) is 1.44. The van der Waals surface area contributed by atoms with Gasteiger partial charge in [0.1, 0.15) is 0 Å². The van der Waals surface area contributed by atoms with E-state index >= 15 is 0 Å². The summed E-state index contributed by atoms with van der Waals surface area (Å²) >= 11 is 0. The molecule has 0 saturated heterocycles. The largest absolute Gasteiger partial charge is 0.325 e. The van der Waals surface area contributed by atoms with Crippen LogP contribution >= 0.6 is 0 Å². The number of amides is 1. The molecule has 0 aliphatic heterocycles. The number of nitrogens with zero attached hydrogens (tertiary/aromatic N) is 1. The lowest BCUT2D eigenvalue weighted by Crippen LogP contribution is -2.31. The van der Waals surface area contributed by atoms with E-state index in [1.165, 1.54) is 6.07 Å². The minimum Gasteiger partial charge on any atom is -0.325 e. The van der Waals surface area contributed by atoms with Crippen LogP contribution in [-0.4, -0.2) is 44.5 Å². The fourth-order valence-corrected chi connectivity index (χ4v) is 1.62. The number of carbonyl (C=O) groups is 1. The molecule has 2 N–H and O–H groups in total. The van der Waals surface area contributed by atoms with Gasteiger partial charge < -0.3 is 10.6 Å². The number of nitrogens with one attached hydrogen (secondary N) is 2. The smallest absolute Gasteiger partial charge is 0.238 e. The van der Waals surface area contributed by atoms with Gasteiger partial charge in [0.15, 0.2) is 11.6 Å². The second-order valence-electron chi connectivity index (χ2n) is 4.37. The second-order valence-corrected chi connectivity index (χ2v) is 4.37. The highest BCUT2D eigenvalue weighted by molar-refractivity contribution is 5.92. The van der Waals surface area contributed by atoms with Crippen LogP contribution in [-0.2, 0) is 4.79 Å². The third kappa shape index (κ3) is 5.76. The van der Waals surface area contributed by atoms with Crippen LogP contribution in [0.1, 0.15) is 6.42 Å². The van der Waals surface area contributed by atoms with Crippen LogP contribution in [0.3, 0.4) is 0 Å². The van der Waals surface area contributed by atoms with Crippen molar-refractivity contribution >= 4 is 11.6 Å². The molecule has 19 heavy (non-hydrogen) atoms.